The zero-order valence-corrected chi connectivity index (χ0v) is 14.6. The van der Waals surface area contributed by atoms with E-state index in [2.05, 4.69) is 22.1 Å². The van der Waals surface area contributed by atoms with Crippen molar-refractivity contribution in [1.82, 2.24) is 10.3 Å². The molecule has 0 aliphatic rings. The van der Waals surface area contributed by atoms with E-state index >= 15 is 0 Å². The minimum absolute atomic E-state index is 0.0253. The Balaban J connectivity index is 1.90. The topological polar surface area (TPSA) is 62.2 Å². The van der Waals surface area contributed by atoms with Crippen LogP contribution < -0.4 is 5.32 Å². The summed E-state index contributed by atoms with van der Waals surface area (Å²) < 4.78 is 26.3. The van der Waals surface area contributed by atoms with Crippen LogP contribution in [0, 0.1) is 17.7 Å². The smallest absolute Gasteiger partial charge is 0.256 e. The van der Waals surface area contributed by atoms with Gasteiger partial charge in [-0.2, -0.15) is 0 Å². The summed E-state index contributed by atoms with van der Waals surface area (Å²) in [4.78, 5) is 16.3. The van der Waals surface area contributed by atoms with Crippen LogP contribution in [0.1, 0.15) is 21.5 Å². The Labute approximate surface area is 158 Å². The van der Waals surface area contributed by atoms with Gasteiger partial charge in [-0.1, -0.05) is 35.6 Å². The molecule has 1 aromatic heterocycles. The fourth-order valence-electron chi connectivity index (χ4n) is 2.50. The van der Waals surface area contributed by atoms with Gasteiger partial charge in [0.05, 0.1) is 0 Å². The number of amides is 1. The van der Waals surface area contributed by atoms with Gasteiger partial charge in [0.1, 0.15) is 16.8 Å². The molecule has 1 amide bonds. The van der Waals surface area contributed by atoms with E-state index in [1.165, 1.54) is 6.07 Å². The van der Waals surface area contributed by atoms with Crippen molar-refractivity contribution in [3.8, 4) is 17.6 Å². The number of nitrogens with one attached hydrogen (secondary N) is 1. The lowest BCUT2D eigenvalue weighted by atomic mass is 10.1. The molecular weight excluding hydrogens is 374 g/mol. The summed E-state index contributed by atoms with van der Waals surface area (Å²) in [6.07, 6.45) is 1.10. The summed E-state index contributed by atoms with van der Waals surface area (Å²) in [6, 6.07) is 9.36. The predicted molar refractivity (Wildman–Crippen MR) is 98.8 cm³/mol. The Morgan fingerprint density at radius 1 is 1.26 bits per heavy atom. The van der Waals surface area contributed by atoms with Gasteiger partial charge >= 0.3 is 0 Å². The van der Waals surface area contributed by atoms with Crippen LogP contribution in [0.25, 0.3) is 10.9 Å². The first-order valence-electron chi connectivity index (χ1n) is 7.88. The summed E-state index contributed by atoms with van der Waals surface area (Å²) in [7, 11) is 0. The first-order chi connectivity index (χ1) is 13.0. The molecule has 0 bridgehead atoms. The number of benzene rings is 2. The minimum Gasteiger partial charge on any atom is -0.506 e. The number of hydrogen-bond donors (Lipinski definition) is 2. The van der Waals surface area contributed by atoms with Gasteiger partial charge in [0.2, 0.25) is 0 Å². The number of alkyl halides is 1. The van der Waals surface area contributed by atoms with Gasteiger partial charge < -0.3 is 10.4 Å². The molecule has 2 N–H and O–H groups in total. The minimum atomic E-state index is -0.878. The second-order valence-corrected chi connectivity index (χ2v) is 6.06. The van der Waals surface area contributed by atoms with Crippen molar-refractivity contribution in [2.24, 2.45) is 0 Å². The number of aromatic nitrogens is 1. The van der Waals surface area contributed by atoms with Crippen LogP contribution in [-0.4, -0.2) is 22.7 Å². The van der Waals surface area contributed by atoms with Gasteiger partial charge in [0, 0.05) is 28.7 Å². The zero-order valence-electron chi connectivity index (χ0n) is 13.9. The largest absolute Gasteiger partial charge is 0.506 e. The molecule has 4 nitrogen and oxygen atoms in total. The highest BCUT2D eigenvalue weighted by atomic mass is 35.5. The molecule has 3 rings (SSSR count). The standard InChI is InChI=1S/C20H13ClF2N2O2/c21-14-5-3-12(4-6-14)10-25-20(27)16-11-24-18-15(19(16)26)8-13(2-1-7-22)9-17(18)23/h3-6,8-9,11H,7,10H2,(H,24,26)(H,25,27). The van der Waals surface area contributed by atoms with Crippen molar-refractivity contribution in [3.63, 3.8) is 0 Å². The maximum Gasteiger partial charge on any atom is 0.256 e. The van der Waals surface area contributed by atoms with E-state index in [0.29, 0.717) is 5.02 Å². The molecular formula is C20H13ClF2N2O2. The van der Waals surface area contributed by atoms with E-state index in [4.69, 9.17) is 11.6 Å². The van der Waals surface area contributed by atoms with Crippen molar-refractivity contribution < 1.29 is 18.7 Å². The molecule has 0 atom stereocenters. The van der Waals surface area contributed by atoms with E-state index in [0.717, 1.165) is 17.8 Å². The highest BCUT2D eigenvalue weighted by molar-refractivity contribution is 6.30. The van der Waals surface area contributed by atoms with Gasteiger partial charge in [-0.05, 0) is 29.8 Å². The first kappa shape index (κ1) is 18.6. The Hall–Kier alpha value is -3.17. The van der Waals surface area contributed by atoms with E-state index in [9.17, 15) is 18.7 Å². The van der Waals surface area contributed by atoms with Gasteiger partial charge in [-0.3, -0.25) is 9.78 Å². The van der Waals surface area contributed by atoms with E-state index in [-0.39, 0.29) is 28.6 Å². The van der Waals surface area contributed by atoms with Gasteiger partial charge in [-0.25, -0.2) is 8.78 Å². The highest BCUT2D eigenvalue weighted by Crippen LogP contribution is 2.29. The molecule has 0 spiro atoms. The maximum absolute atomic E-state index is 14.1. The van der Waals surface area contributed by atoms with E-state index < -0.39 is 24.1 Å². The summed E-state index contributed by atoms with van der Waals surface area (Å²) in [5, 5.41) is 13.7. The number of nitrogens with zero attached hydrogens (tertiary/aromatic N) is 1. The van der Waals surface area contributed by atoms with Crippen molar-refractivity contribution >= 4 is 28.4 Å². The van der Waals surface area contributed by atoms with Gasteiger partial charge in [0.15, 0.2) is 12.5 Å². The van der Waals surface area contributed by atoms with Crippen LogP contribution in [0.2, 0.25) is 5.02 Å². The third-order valence-corrected chi connectivity index (χ3v) is 4.06. The van der Waals surface area contributed by atoms with Crippen LogP contribution >= 0.6 is 11.6 Å². The monoisotopic (exact) mass is 386 g/mol. The third kappa shape index (κ3) is 4.15. The second kappa shape index (κ2) is 8.02. The Bertz CT molecular complexity index is 1070. The van der Waals surface area contributed by atoms with E-state index in [1.807, 2.05) is 0 Å². The average molecular weight is 387 g/mol. The quantitative estimate of drug-likeness (QED) is 0.669. The number of fused-ring (bicyclic) bond motifs is 1. The summed E-state index contributed by atoms with van der Waals surface area (Å²) >= 11 is 5.81. The number of hydrogen-bond acceptors (Lipinski definition) is 3. The molecule has 136 valence electrons. The maximum atomic E-state index is 14.1. The van der Waals surface area contributed by atoms with Crippen LogP contribution in [0.4, 0.5) is 8.78 Å². The Kier molecular flexibility index (Phi) is 5.53. The molecule has 0 fully saturated rings. The molecule has 0 aliphatic heterocycles. The molecule has 0 radical (unpaired) electrons. The van der Waals surface area contributed by atoms with Crippen molar-refractivity contribution in [2.45, 2.75) is 6.54 Å². The fourth-order valence-corrected chi connectivity index (χ4v) is 2.63. The summed E-state index contributed by atoms with van der Waals surface area (Å²) in [5.74, 6) is 2.91. The average Bonchev–Trinajstić information content (AvgIpc) is 2.66. The van der Waals surface area contributed by atoms with Crippen molar-refractivity contribution in [2.75, 3.05) is 6.67 Å². The summed E-state index contributed by atoms with van der Waals surface area (Å²) in [5.41, 5.74) is 0.781. The molecule has 0 saturated heterocycles. The van der Waals surface area contributed by atoms with Crippen LogP contribution in [0.5, 0.6) is 5.75 Å². The van der Waals surface area contributed by atoms with Crippen molar-refractivity contribution in [3.05, 3.63) is 70.1 Å². The number of aromatic hydroxyl groups is 1. The van der Waals surface area contributed by atoms with Crippen LogP contribution in [0.15, 0.2) is 42.6 Å². The fraction of sp³-hybridized carbons (Fsp3) is 0.100. The molecule has 0 saturated carbocycles. The molecule has 1 heterocycles. The van der Waals surface area contributed by atoms with Crippen LogP contribution in [0.3, 0.4) is 0 Å². The Morgan fingerprint density at radius 3 is 2.70 bits per heavy atom. The van der Waals surface area contributed by atoms with E-state index in [1.54, 1.807) is 24.3 Å². The first-order valence-corrected chi connectivity index (χ1v) is 8.26. The molecule has 7 heteroatoms. The number of pyridine rings is 1. The zero-order chi connectivity index (χ0) is 19.4. The molecule has 0 unspecified atom stereocenters. The Morgan fingerprint density at radius 2 is 2.00 bits per heavy atom. The molecule has 27 heavy (non-hydrogen) atoms. The van der Waals surface area contributed by atoms with Gasteiger partial charge in [0.25, 0.3) is 5.91 Å². The molecule has 0 aliphatic carbocycles. The molecule has 3 aromatic rings. The van der Waals surface area contributed by atoms with Gasteiger partial charge in [-0.15, -0.1) is 0 Å². The van der Waals surface area contributed by atoms with Crippen LogP contribution in [-0.2, 0) is 6.54 Å². The number of carbonyl (C=O) groups excluding carboxylic acids is 1. The lowest BCUT2D eigenvalue weighted by Gasteiger charge is -2.09. The summed E-state index contributed by atoms with van der Waals surface area (Å²) in [6.45, 7) is -0.666. The highest BCUT2D eigenvalue weighted by Gasteiger charge is 2.17. The SMILES string of the molecule is O=C(NCc1ccc(Cl)cc1)c1cnc2c(F)cc(C#CCF)cc2c1O. The lowest BCUT2D eigenvalue weighted by Crippen LogP contribution is -2.23. The normalized spacial score (nSPS) is 10.3. The predicted octanol–water partition coefficient (Wildman–Crippen LogP) is 3.98. The second-order valence-electron chi connectivity index (χ2n) is 5.62. The number of rotatable bonds is 3. The lowest BCUT2D eigenvalue weighted by molar-refractivity contribution is 0.0948. The third-order valence-electron chi connectivity index (χ3n) is 3.81. The number of carbonyl (C=O) groups is 1. The van der Waals surface area contributed by atoms with Crippen molar-refractivity contribution in [1.29, 1.82) is 0 Å². The molecule has 2 aromatic carbocycles. The number of halogens is 3.